The number of hydrogen-bond donors (Lipinski definition) is 1. The summed E-state index contributed by atoms with van der Waals surface area (Å²) in [7, 11) is 0. The summed E-state index contributed by atoms with van der Waals surface area (Å²) in [6.45, 7) is 1.25. The first-order chi connectivity index (χ1) is 15.8. The molecular weight excluding hydrogens is 547 g/mol. The maximum absolute atomic E-state index is 13.5. The second-order valence-electron chi connectivity index (χ2n) is 7.87. The van der Waals surface area contributed by atoms with Gasteiger partial charge in [0.15, 0.2) is 10.2 Å². The van der Waals surface area contributed by atoms with Crippen LogP contribution in [0.1, 0.15) is 34.3 Å². The first kappa shape index (κ1) is 24.2. The van der Waals surface area contributed by atoms with Crippen LogP contribution >= 0.6 is 50.7 Å². The van der Waals surface area contributed by atoms with Crippen molar-refractivity contribution >= 4 is 68.1 Å². The third-order valence-electron chi connectivity index (χ3n) is 5.65. The minimum Gasteiger partial charge on any atom is -0.323 e. The fourth-order valence-corrected chi connectivity index (χ4v) is 5.11. The lowest BCUT2D eigenvalue weighted by atomic mass is 10.0. The van der Waals surface area contributed by atoms with Crippen LogP contribution in [0, 0.1) is 0 Å². The molecule has 0 saturated carbocycles. The SMILES string of the molecule is O=C(c1ccccc1)c1cc(Cl)ccc1NC(=O)[C@@]1(Br)CCCN1Cc1ccc(Cl)c(Cl)c1. The highest BCUT2D eigenvalue weighted by Crippen LogP contribution is 2.38. The molecule has 1 heterocycles. The standard InChI is InChI=1S/C25H20BrCl3N2O2/c26-25(11-4-12-31(25)15-16-7-9-20(28)21(29)13-16)24(33)30-22-10-8-18(27)14-19(22)23(32)17-5-2-1-3-6-17/h1-3,5-10,13-14H,4,11-12,15H2,(H,30,33)/t25-/m1/s1. The zero-order valence-corrected chi connectivity index (χ0v) is 21.3. The zero-order chi connectivity index (χ0) is 23.6. The number of carbonyl (C=O) groups excluding carboxylic acids is 2. The van der Waals surface area contributed by atoms with Gasteiger partial charge >= 0.3 is 0 Å². The smallest absolute Gasteiger partial charge is 0.255 e. The molecule has 0 radical (unpaired) electrons. The molecule has 1 N–H and O–H groups in total. The molecule has 4 nitrogen and oxygen atoms in total. The van der Waals surface area contributed by atoms with Crippen LogP contribution in [-0.2, 0) is 11.3 Å². The summed E-state index contributed by atoms with van der Waals surface area (Å²) in [4.78, 5) is 28.6. The molecule has 0 bridgehead atoms. The van der Waals surface area contributed by atoms with E-state index in [1.54, 1.807) is 48.5 Å². The number of likely N-dealkylation sites (tertiary alicyclic amines) is 1. The number of nitrogens with zero attached hydrogens (tertiary/aromatic N) is 1. The summed E-state index contributed by atoms with van der Waals surface area (Å²) in [6.07, 6.45) is 1.46. The maximum atomic E-state index is 13.5. The summed E-state index contributed by atoms with van der Waals surface area (Å²) in [5, 5.41) is 4.34. The van der Waals surface area contributed by atoms with E-state index in [2.05, 4.69) is 26.1 Å². The van der Waals surface area contributed by atoms with E-state index >= 15 is 0 Å². The van der Waals surface area contributed by atoms with Gasteiger partial charge in [-0.2, -0.15) is 0 Å². The minimum atomic E-state index is -0.925. The molecule has 3 aromatic rings. The van der Waals surface area contributed by atoms with E-state index in [4.69, 9.17) is 34.8 Å². The van der Waals surface area contributed by atoms with Gasteiger partial charge in [0.1, 0.15) is 0 Å². The molecule has 170 valence electrons. The molecule has 1 fully saturated rings. The number of carbonyl (C=O) groups is 2. The first-order valence-electron chi connectivity index (χ1n) is 10.4. The summed E-state index contributed by atoms with van der Waals surface area (Å²) in [5.41, 5.74) is 2.23. The molecule has 0 aliphatic carbocycles. The van der Waals surface area contributed by atoms with Gasteiger partial charge < -0.3 is 5.32 Å². The number of anilines is 1. The van der Waals surface area contributed by atoms with Gasteiger partial charge in [0, 0.05) is 29.2 Å². The number of rotatable bonds is 6. The van der Waals surface area contributed by atoms with E-state index in [9.17, 15) is 9.59 Å². The van der Waals surface area contributed by atoms with Crippen molar-refractivity contribution in [1.82, 2.24) is 4.90 Å². The summed E-state index contributed by atoms with van der Waals surface area (Å²) in [5.74, 6) is -0.458. The predicted molar refractivity (Wildman–Crippen MR) is 138 cm³/mol. The van der Waals surface area contributed by atoms with Gasteiger partial charge in [0.2, 0.25) is 0 Å². The third-order valence-corrected chi connectivity index (χ3v) is 7.89. The van der Waals surface area contributed by atoms with Crippen LogP contribution in [0.4, 0.5) is 5.69 Å². The number of hydrogen-bond acceptors (Lipinski definition) is 3. The lowest BCUT2D eigenvalue weighted by Crippen LogP contribution is -2.48. The molecular formula is C25H20BrCl3N2O2. The number of halogens is 4. The largest absolute Gasteiger partial charge is 0.323 e. The fourth-order valence-electron chi connectivity index (χ4n) is 3.94. The van der Waals surface area contributed by atoms with Gasteiger partial charge in [-0.15, -0.1) is 0 Å². The van der Waals surface area contributed by atoms with Crippen LogP contribution in [0.3, 0.4) is 0 Å². The lowest BCUT2D eigenvalue weighted by molar-refractivity contribution is -0.121. The van der Waals surface area contributed by atoms with Crippen molar-refractivity contribution in [1.29, 1.82) is 0 Å². The predicted octanol–water partition coefficient (Wildman–Crippen LogP) is 7.20. The van der Waals surface area contributed by atoms with Crippen LogP contribution in [0.25, 0.3) is 0 Å². The topological polar surface area (TPSA) is 49.4 Å². The number of amides is 1. The van der Waals surface area contributed by atoms with E-state index < -0.39 is 4.45 Å². The van der Waals surface area contributed by atoms with Crippen molar-refractivity contribution in [3.05, 3.63) is 98.5 Å². The molecule has 8 heteroatoms. The van der Waals surface area contributed by atoms with E-state index in [1.165, 1.54) is 0 Å². The molecule has 1 atom stereocenters. The van der Waals surface area contributed by atoms with E-state index in [0.717, 1.165) is 18.5 Å². The van der Waals surface area contributed by atoms with Crippen LogP contribution in [-0.4, -0.2) is 27.6 Å². The number of ketones is 1. The highest BCUT2D eigenvalue weighted by atomic mass is 79.9. The van der Waals surface area contributed by atoms with Crippen LogP contribution < -0.4 is 5.32 Å². The van der Waals surface area contributed by atoms with Crippen molar-refractivity contribution in [2.45, 2.75) is 23.8 Å². The molecule has 0 unspecified atom stereocenters. The van der Waals surface area contributed by atoms with E-state index in [-0.39, 0.29) is 11.7 Å². The molecule has 0 spiro atoms. The van der Waals surface area contributed by atoms with Crippen LogP contribution in [0.2, 0.25) is 15.1 Å². The molecule has 4 rings (SSSR count). The number of benzene rings is 3. The quantitative estimate of drug-likeness (QED) is 0.195. The van der Waals surface area contributed by atoms with Gasteiger partial charge in [-0.05, 0) is 48.7 Å². The minimum absolute atomic E-state index is 0.212. The Bertz CT molecular complexity index is 1210. The van der Waals surface area contributed by atoms with Crippen molar-refractivity contribution in [3.63, 3.8) is 0 Å². The molecule has 33 heavy (non-hydrogen) atoms. The average Bonchev–Trinajstić information content (AvgIpc) is 3.19. The summed E-state index contributed by atoms with van der Waals surface area (Å²) in [6, 6.07) is 19.2. The highest BCUT2D eigenvalue weighted by Gasteiger charge is 2.45. The van der Waals surface area contributed by atoms with Crippen molar-refractivity contribution < 1.29 is 9.59 Å². The molecule has 1 aliphatic heterocycles. The third kappa shape index (κ3) is 5.28. The Labute approximate surface area is 216 Å². The van der Waals surface area contributed by atoms with Crippen molar-refractivity contribution in [3.8, 4) is 0 Å². The summed E-state index contributed by atoms with van der Waals surface area (Å²) < 4.78 is -0.925. The Kier molecular flexibility index (Phi) is 7.46. The zero-order valence-electron chi connectivity index (χ0n) is 17.5. The number of alkyl halides is 1. The Hall–Kier alpha value is -1.89. The van der Waals surface area contributed by atoms with Gasteiger partial charge in [-0.25, -0.2) is 0 Å². The molecule has 1 aliphatic rings. The van der Waals surface area contributed by atoms with Gasteiger partial charge in [-0.3, -0.25) is 14.5 Å². The normalized spacial score (nSPS) is 18.3. The first-order valence-corrected chi connectivity index (χ1v) is 12.3. The lowest BCUT2D eigenvalue weighted by Gasteiger charge is -2.32. The van der Waals surface area contributed by atoms with E-state index in [0.29, 0.717) is 44.8 Å². The van der Waals surface area contributed by atoms with E-state index in [1.807, 2.05) is 18.2 Å². The van der Waals surface area contributed by atoms with Gasteiger partial charge in [0.05, 0.1) is 15.7 Å². The maximum Gasteiger partial charge on any atom is 0.255 e. The van der Waals surface area contributed by atoms with Crippen LogP contribution in [0.15, 0.2) is 66.7 Å². The second kappa shape index (κ2) is 10.2. The van der Waals surface area contributed by atoms with Crippen LogP contribution in [0.5, 0.6) is 0 Å². The molecule has 1 amide bonds. The molecule has 1 saturated heterocycles. The number of nitrogens with one attached hydrogen (secondary N) is 1. The van der Waals surface area contributed by atoms with Crippen molar-refractivity contribution in [2.75, 3.05) is 11.9 Å². The average molecular weight is 567 g/mol. The molecule has 3 aromatic carbocycles. The Balaban J connectivity index is 1.58. The Morgan fingerprint density at radius 2 is 1.73 bits per heavy atom. The summed E-state index contributed by atoms with van der Waals surface area (Å²) >= 11 is 22.1. The highest BCUT2D eigenvalue weighted by molar-refractivity contribution is 9.10. The monoisotopic (exact) mass is 564 g/mol. The van der Waals surface area contributed by atoms with Gasteiger partial charge in [-0.1, -0.05) is 87.1 Å². The van der Waals surface area contributed by atoms with Gasteiger partial charge in [0.25, 0.3) is 5.91 Å². The Morgan fingerprint density at radius 1 is 0.970 bits per heavy atom. The molecule has 0 aromatic heterocycles. The fraction of sp³-hybridized carbons (Fsp3) is 0.200. The Morgan fingerprint density at radius 3 is 2.45 bits per heavy atom. The van der Waals surface area contributed by atoms with Crippen molar-refractivity contribution in [2.24, 2.45) is 0 Å². The second-order valence-corrected chi connectivity index (χ2v) is 10.4.